The Labute approximate surface area is 236 Å². The van der Waals surface area contributed by atoms with Gasteiger partial charge in [0.1, 0.15) is 5.82 Å². The Morgan fingerprint density at radius 2 is 2.00 bits per heavy atom. The van der Waals surface area contributed by atoms with E-state index in [2.05, 4.69) is 53.4 Å². The number of aliphatic carboxylic acids is 1. The molecule has 2 aliphatic rings. The first-order valence-corrected chi connectivity index (χ1v) is 14.2. The molecule has 1 saturated heterocycles. The van der Waals surface area contributed by atoms with E-state index in [1.807, 2.05) is 13.8 Å². The molecule has 3 heterocycles. The maximum atomic E-state index is 12.1. The van der Waals surface area contributed by atoms with Gasteiger partial charge < -0.3 is 20.1 Å². The van der Waals surface area contributed by atoms with Gasteiger partial charge in [-0.05, 0) is 44.4 Å². The Kier molecular flexibility index (Phi) is 9.51. The molecule has 1 unspecified atom stereocenters. The summed E-state index contributed by atoms with van der Waals surface area (Å²) in [6.07, 6.45) is 4.38. The first-order chi connectivity index (χ1) is 18.8. The Morgan fingerprint density at radius 1 is 1.23 bits per heavy atom. The molecule has 0 bridgehead atoms. The van der Waals surface area contributed by atoms with Gasteiger partial charge in [0.05, 0.1) is 35.7 Å². The largest absolute Gasteiger partial charge is 0.478 e. The average molecular weight is 554 g/mol. The predicted octanol–water partition coefficient (Wildman–Crippen LogP) is 5.23. The number of ether oxygens (including phenoxy) is 1. The van der Waals surface area contributed by atoms with Crippen LogP contribution in [0.1, 0.15) is 68.5 Å². The van der Waals surface area contributed by atoms with Gasteiger partial charge in [-0.3, -0.25) is 4.90 Å². The van der Waals surface area contributed by atoms with Crippen LogP contribution in [0.15, 0.2) is 46.1 Å². The molecule has 0 radical (unpaired) electrons. The number of benzene rings is 1. The van der Waals surface area contributed by atoms with Gasteiger partial charge in [-0.2, -0.15) is 9.97 Å². The molecule has 1 aromatic carbocycles. The zero-order valence-electron chi connectivity index (χ0n) is 23.7. The molecular weight excluding hydrogens is 514 g/mol. The van der Waals surface area contributed by atoms with E-state index in [4.69, 9.17) is 26.3 Å². The lowest BCUT2D eigenvalue weighted by atomic mass is 9.89. The van der Waals surface area contributed by atoms with Gasteiger partial charge in [0, 0.05) is 37.7 Å². The van der Waals surface area contributed by atoms with Gasteiger partial charge in [-0.25, -0.2) is 4.79 Å². The fourth-order valence-corrected chi connectivity index (χ4v) is 5.90. The van der Waals surface area contributed by atoms with Crippen molar-refractivity contribution in [3.8, 4) is 6.01 Å². The van der Waals surface area contributed by atoms with Crippen molar-refractivity contribution in [2.45, 2.75) is 65.5 Å². The van der Waals surface area contributed by atoms with Crippen molar-refractivity contribution in [3.63, 3.8) is 0 Å². The number of halogens is 1. The lowest BCUT2D eigenvalue weighted by Gasteiger charge is -2.37. The van der Waals surface area contributed by atoms with Crippen LogP contribution in [0.3, 0.4) is 0 Å². The molecule has 210 valence electrons. The maximum absolute atomic E-state index is 12.1. The third kappa shape index (κ3) is 6.23. The van der Waals surface area contributed by atoms with Gasteiger partial charge in [-0.1, -0.05) is 61.7 Å². The van der Waals surface area contributed by atoms with Crippen molar-refractivity contribution in [1.29, 1.82) is 0 Å². The highest BCUT2D eigenvalue weighted by Crippen LogP contribution is 2.38. The molecule has 0 amide bonds. The molecule has 1 atom stereocenters. The summed E-state index contributed by atoms with van der Waals surface area (Å²) < 4.78 is 5.56. The van der Waals surface area contributed by atoms with Crippen molar-refractivity contribution < 1.29 is 14.6 Å². The van der Waals surface area contributed by atoms with Crippen LogP contribution in [0.2, 0.25) is 0 Å². The molecule has 9 heteroatoms. The summed E-state index contributed by atoms with van der Waals surface area (Å²) in [5.41, 5.74) is 6.41. The van der Waals surface area contributed by atoms with E-state index in [9.17, 15) is 9.90 Å². The van der Waals surface area contributed by atoms with Gasteiger partial charge in [0.15, 0.2) is 0 Å². The quantitative estimate of drug-likeness (QED) is 0.430. The number of aryl methyl sites for hydroxylation is 1. The zero-order valence-corrected chi connectivity index (χ0v) is 24.4. The van der Waals surface area contributed by atoms with Gasteiger partial charge in [0.2, 0.25) is 0 Å². The molecule has 4 rings (SSSR count). The topological polar surface area (TPSA) is 90.8 Å². The number of carbonyl (C=O) groups is 1. The summed E-state index contributed by atoms with van der Waals surface area (Å²) in [7, 11) is 3.76. The number of aromatic nitrogens is 2. The average Bonchev–Trinajstić information content (AvgIpc) is 3.19. The number of rotatable bonds is 8. The first kappa shape index (κ1) is 28.9. The highest BCUT2D eigenvalue weighted by molar-refractivity contribution is 6.35. The number of hydrogen-bond donors (Lipinski definition) is 2. The minimum Gasteiger partial charge on any atom is -0.478 e. The molecule has 2 aliphatic heterocycles. The van der Waals surface area contributed by atoms with Crippen LogP contribution in [-0.2, 0) is 24.2 Å². The van der Waals surface area contributed by atoms with E-state index >= 15 is 0 Å². The van der Waals surface area contributed by atoms with E-state index in [-0.39, 0.29) is 16.6 Å². The summed E-state index contributed by atoms with van der Waals surface area (Å²) in [5, 5.41) is 13.5. The molecule has 8 nitrogen and oxygen atoms in total. The Hall–Kier alpha value is -3.10. The molecule has 0 saturated carbocycles. The summed E-state index contributed by atoms with van der Waals surface area (Å²) in [4.78, 5) is 26.3. The van der Waals surface area contributed by atoms with Crippen molar-refractivity contribution in [2.75, 3.05) is 38.7 Å². The second kappa shape index (κ2) is 12.8. The summed E-state index contributed by atoms with van der Waals surface area (Å²) >= 11 is 6.76. The van der Waals surface area contributed by atoms with Crippen LogP contribution in [0.5, 0.6) is 6.01 Å². The van der Waals surface area contributed by atoms with Crippen molar-refractivity contribution in [2.24, 2.45) is 0 Å². The number of nitrogens with one attached hydrogen (secondary N) is 1. The second-order valence-corrected chi connectivity index (χ2v) is 10.7. The Bertz CT molecular complexity index is 1280. The molecule has 0 spiro atoms. The summed E-state index contributed by atoms with van der Waals surface area (Å²) in [6, 6.07) is 9.26. The standard InChI is InChI=1S/C30H40ClN5O3/c1-6-11-20-12-8-9-13-21(20)25-16-23-22(17-35(25)4)28(34-30(33-23)39-5)36-15-10-14-32-24(18-36)27(31)26(29(37)38)19(3)7-2/h8-9,12-13,25,32H,6-7,10-11,14-18H2,1-5H3,(H,37,38)/b26-19-,27-24+. The molecule has 2 N–H and O–H groups in total. The monoisotopic (exact) mass is 553 g/mol. The van der Waals surface area contributed by atoms with Crippen LogP contribution in [0.4, 0.5) is 5.82 Å². The van der Waals surface area contributed by atoms with Crippen LogP contribution < -0.4 is 15.0 Å². The third-order valence-electron chi connectivity index (χ3n) is 7.74. The number of anilines is 1. The number of allylic oxidation sites excluding steroid dienone is 1. The number of likely N-dealkylation sites (N-methyl/N-ethyl adjacent to an activating group) is 1. The SMILES string of the molecule is CCCc1ccccc1C1Cc2nc(OC)nc(N3CCCN/C(=C(Cl)\C(C(=O)O)=C(/C)CC)C3)c2CN1C. The lowest BCUT2D eigenvalue weighted by Crippen LogP contribution is -2.36. The maximum Gasteiger partial charge on any atom is 0.337 e. The van der Waals surface area contributed by atoms with Gasteiger partial charge in [0.25, 0.3) is 0 Å². The fraction of sp³-hybridized carbons (Fsp3) is 0.500. The van der Waals surface area contributed by atoms with E-state index in [0.29, 0.717) is 37.8 Å². The third-order valence-corrected chi connectivity index (χ3v) is 8.16. The number of nitrogens with zero attached hydrogens (tertiary/aromatic N) is 4. The normalized spacial score (nSPS) is 19.9. The van der Waals surface area contributed by atoms with Crippen molar-refractivity contribution in [3.05, 3.63) is 68.5 Å². The van der Waals surface area contributed by atoms with Gasteiger partial charge in [-0.15, -0.1) is 0 Å². The number of hydrogen-bond acceptors (Lipinski definition) is 7. The van der Waals surface area contributed by atoms with E-state index in [1.165, 1.54) is 11.1 Å². The van der Waals surface area contributed by atoms with E-state index < -0.39 is 5.97 Å². The minimum atomic E-state index is -1.01. The zero-order chi connectivity index (χ0) is 28.1. The Balaban J connectivity index is 1.75. The summed E-state index contributed by atoms with van der Waals surface area (Å²) in [5.74, 6) is -0.190. The number of fused-ring (bicyclic) bond motifs is 1. The minimum absolute atomic E-state index is 0.166. The molecule has 1 aromatic heterocycles. The molecular formula is C30H40ClN5O3. The van der Waals surface area contributed by atoms with Crippen LogP contribution >= 0.6 is 11.6 Å². The highest BCUT2D eigenvalue weighted by atomic mass is 35.5. The van der Waals surface area contributed by atoms with Crippen LogP contribution in [-0.4, -0.2) is 59.7 Å². The molecule has 39 heavy (non-hydrogen) atoms. The smallest absolute Gasteiger partial charge is 0.337 e. The number of methoxy groups -OCH3 is 1. The van der Waals surface area contributed by atoms with Crippen molar-refractivity contribution in [1.82, 2.24) is 20.2 Å². The van der Waals surface area contributed by atoms with Gasteiger partial charge >= 0.3 is 12.0 Å². The van der Waals surface area contributed by atoms with E-state index in [0.717, 1.165) is 54.9 Å². The van der Waals surface area contributed by atoms with E-state index in [1.54, 1.807) is 7.11 Å². The second-order valence-electron chi connectivity index (χ2n) is 10.4. The Morgan fingerprint density at radius 3 is 2.69 bits per heavy atom. The van der Waals surface area contributed by atoms with Crippen LogP contribution in [0, 0.1) is 0 Å². The van der Waals surface area contributed by atoms with Crippen LogP contribution in [0.25, 0.3) is 0 Å². The number of carboxylic acids is 1. The highest BCUT2D eigenvalue weighted by Gasteiger charge is 2.32. The summed E-state index contributed by atoms with van der Waals surface area (Å²) in [6.45, 7) is 8.53. The fourth-order valence-electron chi connectivity index (χ4n) is 5.54. The lowest BCUT2D eigenvalue weighted by molar-refractivity contribution is -0.132. The predicted molar refractivity (Wildman–Crippen MR) is 155 cm³/mol. The molecule has 0 aliphatic carbocycles. The number of carboxylic acid groups (broad SMARTS) is 1. The molecule has 2 aromatic rings. The first-order valence-electron chi connectivity index (χ1n) is 13.8. The van der Waals surface area contributed by atoms with Crippen molar-refractivity contribution >= 4 is 23.4 Å². The molecule has 1 fully saturated rings.